The maximum atomic E-state index is 9.99. The first-order valence-corrected chi connectivity index (χ1v) is 7.04. The van der Waals surface area contributed by atoms with Crippen molar-refractivity contribution in [1.29, 1.82) is 0 Å². The van der Waals surface area contributed by atoms with Gasteiger partial charge in [0.25, 0.3) is 0 Å². The molecule has 1 aromatic carbocycles. The third kappa shape index (κ3) is 2.33. The van der Waals surface area contributed by atoms with Crippen molar-refractivity contribution < 1.29 is 14.6 Å². The van der Waals surface area contributed by atoms with Crippen molar-refractivity contribution in [2.75, 3.05) is 6.61 Å². The molecule has 0 saturated carbocycles. The molecule has 2 fully saturated rings. The van der Waals surface area contributed by atoms with Gasteiger partial charge in [0, 0.05) is 6.54 Å². The van der Waals surface area contributed by atoms with Crippen LogP contribution < -0.4 is 5.32 Å². The number of halogens is 1. The van der Waals surface area contributed by atoms with E-state index in [1.165, 1.54) is 5.56 Å². The molecule has 2 heterocycles. The van der Waals surface area contributed by atoms with E-state index in [0.717, 1.165) is 6.54 Å². The molecule has 2 bridgehead atoms. The lowest BCUT2D eigenvalue weighted by Gasteiger charge is -2.36. The van der Waals surface area contributed by atoms with Crippen molar-refractivity contribution in [3.8, 4) is 0 Å². The highest BCUT2D eigenvalue weighted by atomic mass is 79.9. The van der Waals surface area contributed by atoms with Gasteiger partial charge in [-0.15, -0.1) is 0 Å². The van der Waals surface area contributed by atoms with Crippen LogP contribution in [0.25, 0.3) is 0 Å². The number of alkyl halides is 1. The van der Waals surface area contributed by atoms with E-state index in [0.29, 0.717) is 6.61 Å². The fraction of sp³-hybridized carbons (Fsp3) is 0.538. The number of aliphatic hydroxyl groups excluding tert-OH is 1. The van der Waals surface area contributed by atoms with Crippen LogP contribution in [-0.4, -0.2) is 41.1 Å². The third-order valence-corrected chi connectivity index (χ3v) is 4.58. The zero-order valence-corrected chi connectivity index (χ0v) is 11.4. The van der Waals surface area contributed by atoms with Crippen molar-refractivity contribution in [1.82, 2.24) is 5.32 Å². The van der Waals surface area contributed by atoms with E-state index in [2.05, 4.69) is 33.4 Å². The number of nitrogens with one attached hydrogen (secondary N) is 1. The number of hydrogen-bond donors (Lipinski definition) is 2. The highest BCUT2D eigenvalue weighted by Gasteiger charge is 2.48. The first-order valence-electron chi connectivity index (χ1n) is 6.12. The topological polar surface area (TPSA) is 50.7 Å². The van der Waals surface area contributed by atoms with Crippen molar-refractivity contribution in [2.45, 2.75) is 35.9 Å². The fourth-order valence-corrected chi connectivity index (χ4v) is 3.23. The molecule has 5 atom stereocenters. The van der Waals surface area contributed by atoms with E-state index < -0.39 is 12.4 Å². The molecule has 4 nitrogen and oxygen atoms in total. The largest absolute Gasteiger partial charge is 0.387 e. The van der Waals surface area contributed by atoms with Gasteiger partial charge in [-0.05, 0) is 5.56 Å². The molecular formula is C13H16BrNO3. The van der Waals surface area contributed by atoms with Gasteiger partial charge in [0.1, 0.15) is 12.2 Å². The summed E-state index contributed by atoms with van der Waals surface area (Å²) >= 11 is 3.54. The molecule has 2 saturated heterocycles. The maximum Gasteiger partial charge on any atom is 0.185 e. The number of fused-ring (bicyclic) bond motifs is 2. The minimum absolute atomic E-state index is 0.00601. The summed E-state index contributed by atoms with van der Waals surface area (Å²) in [6, 6.07) is 10.2. The van der Waals surface area contributed by atoms with E-state index in [4.69, 9.17) is 9.47 Å². The van der Waals surface area contributed by atoms with E-state index >= 15 is 0 Å². The minimum atomic E-state index is -0.628. The van der Waals surface area contributed by atoms with Crippen LogP contribution in [0.1, 0.15) is 5.56 Å². The van der Waals surface area contributed by atoms with Gasteiger partial charge in [-0.2, -0.15) is 0 Å². The monoisotopic (exact) mass is 313 g/mol. The zero-order valence-electron chi connectivity index (χ0n) is 9.83. The molecule has 2 N–H and O–H groups in total. The van der Waals surface area contributed by atoms with Gasteiger partial charge in [0.2, 0.25) is 0 Å². The van der Waals surface area contributed by atoms with Crippen molar-refractivity contribution in [3.63, 3.8) is 0 Å². The van der Waals surface area contributed by atoms with Crippen LogP contribution in [0.15, 0.2) is 30.3 Å². The summed E-state index contributed by atoms with van der Waals surface area (Å²) in [7, 11) is 0. The predicted molar refractivity (Wildman–Crippen MR) is 70.4 cm³/mol. The molecule has 0 aromatic heterocycles. The molecule has 3 rings (SSSR count). The van der Waals surface area contributed by atoms with Gasteiger partial charge in [0.15, 0.2) is 6.29 Å². The average molecular weight is 314 g/mol. The highest BCUT2D eigenvalue weighted by Crippen LogP contribution is 2.32. The number of hydrogen-bond acceptors (Lipinski definition) is 4. The lowest BCUT2D eigenvalue weighted by atomic mass is 10.0. The van der Waals surface area contributed by atoms with Gasteiger partial charge < -0.3 is 19.9 Å². The lowest BCUT2D eigenvalue weighted by Crippen LogP contribution is -2.56. The van der Waals surface area contributed by atoms with Crippen LogP contribution >= 0.6 is 15.9 Å². The standard InChI is InChI=1S/C13H16BrNO3/c14-10-11(9-7-17-13(18-9)12(10)16)15-6-8-4-2-1-3-5-8/h1-5,9-13,15-16H,6-7H2/t9-,10-,11+,12-,13-/m1/s1. The molecule has 0 radical (unpaired) electrons. The molecule has 98 valence electrons. The maximum absolute atomic E-state index is 9.99. The van der Waals surface area contributed by atoms with E-state index in [-0.39, 0.29) is 17.0 Å². The van der Waals surface area contributed by atoms with Crippen LogP contribution in [0.2, 0.25) is 0 Å². The van der Waals surface area contributed by atoms with E-state index in [1.54, 1.807) is 0 Å². The Balaban J connectivity index is 1.65. The fourth-order valence-electron chi connectivity index (χ4n) is 2.45. The molecule has 0 spiro atoms. The normalized spacial score (nSPS) is 38.9. The summed E-state index contributed by atoms with van der Waals surface area (Å²) in [5, 5.41) is 13.4. The molecule has 0 amide bonds. The van der Waals surface area contributed by atoms with Gasteiger partial charge >= 0.3 is 0 Å². The second kappa shape index (κ2) is 5.27. The van der Waals surface area contributed by atoms with E-state index in [1.807, 2.05) is 18.2 Å². The molecule has 5 heteroatoms. The molecule has 18 heavy (non-hydrogen) atoms. The van der Waals surface area contributed by atoms with Crippen molar-refractivity contribution in [2.24, 2.45) is 0 Å². The number of aliphatic hydroxyl groups is 1. The summed E-state index contributed by atoms with van der Waals surface area (Å²) in [5.74, 6) is 0. The Bertz CT molecular complexity index is 402. The summed E-state index contributed by atoms with van der Waals surface area (Å²) in [6.45, 7) is 1.29. The Kier molecular flexibility index (Phi) is 3.68. The first kappa shape index (κ1) is 12.6. The second-order valence-electron chi connectivity index (χ2n) is 4.70. The number of benzene rings is 1. The third-order valence-electron chi connectivity index (χ3n) is 3.47. The Morgan fingerprint density at radius 3 is 2.89 bits per heavy atom. The van der Waals surface area contributed by atoms with E-state index in [9.17, 15) is 5.11 Å². The average Bonchev–Trinajstić information content (AvgIpc) is 2.84. The summed E-state index contributed by atoms with van der Waals surface area (Å²) < 4.78 is 11.0. The lowest BCUT2D eigenvalue weighted by molar-refractivity contribution is -0.156. The van der Waals surface area contributed by atoms with Gasteiger partial charge in [-0.25, -0.2) is 0 Å². The van der Waals surface area contributed by atoms with Crippen LogP contribution in [-0.2, 0) is 16.0 Å². The van der Waals surface area contributed by atoms with Gasteiger partial charge in [-0.3, -0.25) is 0 Å². The quantitative estimate of drug-likeness (QED) is 0.818. The van der Waals surface area contributed by atoms with Crippen LogP contribution in [0, 0.1) is 0 Å². The molecule has 1 aromatic rings. The van der Waals surface area contributed by atoms with Crippen LogP contribution in [0.4, 0.5) is 0 Å². The van der Waals surface area contributed by atoms with Crippen LogP contribution in [0.5, 0.6) is 0 Å². The Labute approximate surface area is 114 Å². The Morgan fingerprint density at radius 2 is 2.11 bits per heavy atom. The Morgan fingerprint density at radius 1 is 1.33 bits per heavy atom. The Hall–Kier alpha value is -0.460. The smallest absolute Gasteiger partial charge is 0.185 e. The highest BCUT2D eigenvalue weighted by molar-refractivity contribution is 9.09. The van der Waals surface area contributed by atoms with Crippen molar-refractivity contribution in [3.05, 3.63) is 35.9 Å². The second-order valence-corrected chi connectivity index (χ2v) is 5.76. The summed E-state index contributed by atoms with van der Waals surface area (Å²) in [4.78, 5) is -0.0486. The SMILES string of the molecule is O[C@H]1[C@@H]2OC[C@@H](O2)[C@H](NCc2ccccc2)[C@H]1Br. The van der Waals surface area contributed by atoms with Crippen LogP contribution in [0.3, 0.4) is 0 Å². The van der Waals surface area contributed by atoms with Gasteiger partial charge in [-0.1, -0.05) is 46.3 Å². The minimum Gasteiger partial charge on any atom is -0.387 e. The summed E-state index contributed by atoms with van der Waals surface area (Å²) in [5.41, 5.74) is 1.22. The first-order chi connectivity index (χ1) is 8.75. The molecule has 2 aliphatic heterocycles. The summed E-state index contributed by atoms with van der Waals surface area (Å²) in [6.07, 6.45) is -1.10. The molecule has 0 aliphatic carbocycles. The molecule has 2 aliphatic rings. The number of rotatable bonds is 3. The molecular weight excluding hydrogens is 298 g/mol. The molecule has 0 unspecified atom stereocenters. The number of ether oxygens (including phenoxy) is 2. The van der Waals surface area contributed by atoms with Gasteiger partial charge in [0.05, 0.1) is 17.5 Å². The zero-order chi connectivity index (χ0) is 12.5. The predicted octanol–water partition coefficient (Wildman–Crippen LogP) is 1.02. The van der Waals surface area contributed by atoms with Crippen molar-refractivity contribution >= 4 is 15.9 Å².